The molecule has 0 heterocycles. The molecule has 0 aliphatic carbocycles. The first-order valence-corrected chi connectivity index (χ1v) is 7.89. The summed E-state index contributed by atoms with van der Waals surface area (Å²) in [6.45, 7) is 14.7. The highest BCUT2D eigenvalue weighted by Gasteiger charge is 2.20. The van der Waals surface area contributed by atoms with E-state index < -0.39 is 0 Å². The topological polar surface area (TPSA) is 46.5 Å². The van der Waals surface area contributed by atoms with E-state index in [0.717, 1.165) is 16.7 Å². The fourth-order valence-corrected chi connectivity index (χ4v) is 2.19. The Kier molecular flexibility index (Phi) is 5.66. The van der Waals surface area contributed by atoms with Gasteiger partial charge < -0.3 is 9.84 Å². The SMILES string of the molecule is Cc1cc(CCC(=O)OCC(C)(C)C)cc(C(C)(C)C)c1O. The van der Waals surface area contributed by atoms with Crippen molar-refractivity contribution >= 4 is 5.97 Å². The number of phenolic OH excluding ortho intramolecular Hbond substituents is 1. The standard InChI is InChI=1S/C19H30O3/c1-13-10-14(11-15(17(13)21)19(5,6)7)8-9-16(20)22-12-18(2,3)4/h10-11,21H,8-9,12H2,1-7H3. The normalized spacial score (nSPS) is 12.3. The van der Waals surface area contributed by atoms with E-state index in [1.54, 1.807) is 0 Å². The van der Waals surface area contributed by atoms with E-state index in [1.807, 2.05) is 39.8 Å². The summed E-state index contributed by atoms with van der Waals surface area (Å²) < 4.78 is 5.29. The lowest BCUT2D eigenvalue weighted by Crippen LogP contribution is -2.18. The lowest BCUT2D eigenvalue weighted by molar-refractivity contribution is -0.146. The first-order chi connectivity index (χ1) is 9.90. The van der Waals surface area contributed by atoms with Gasteiger partial charge in [-0.2, -0.15) is 0 Å². The van der Waals surface area contributed by atoms with Gasteiger partial charge in [0.2, 0.25) is 0 Å². The van der Waals surface area contributed by atoms with Crippen LogP contribution in [-0.4, -0.2) is 17.7 Å². The molecule has 3 nitrogen and oxygen atoms in total. The second kappa shape index (κ2) is 6.72. The molecule has 0 radical (unpaired) electrons. The zero-order chi connectivity index (χ0) is 17.1. The summed E-state index contributed by atoms with van der Waals surface area (Å²) in [5, 5.41) is 10.2. The number of carbonyl (C=O) groups is 1. The van der Waals surface area contributed by atoms with Crippen LogP contribution in [0.2, 0.25) is 0 Å². The molecule has 3 heteroatoms. The molecule has 124 valence electrons. The van der Waals surface area contributed by atoms with Crippen molar-refractivity contribution < 1.29 is 14.6 Å². The van der Waals surface area contributed by atoms with Crippen LogP contribution in [-0.2, 0) is 21.4 Å². The van der Waals surface area contributed by atoms with E-state index in [4.69, 9.17) is 4.74 Å². The van der Waals surface area contributed by atoms with Crippen LogP contribution in [0.4, 0.5) is 0 Å². The van der Waals surface area contributed by atoms with Gasteiger partial charge in [-0.05, 0) is 40.9 Å². The van der Waals surface area contributed by atoms with Gasteiger partial charge in [-0.15, -0.1) is 0 Å². The third kappa shape index (κ3) is 5.70. The quantitative estimate of drug-likeness (QED) is 0.832. The van der Waals surface area contributed by atoms with Crippen molar-refractivity contribution in [2.45, 2.75) is 66.7 Å². The number of esters is 1. The maximum absolute atomic E-state index is 11.8. The first-order valence-electron chi connectivity index (χ1n) is 7.89. The van der Waals surface area contributed by atoms with Gasteiger partial charge in [0, 0.05) is 6.42 Å². The number of hydrogen-bond donors (Lipinski definition) is 1. The molecule has 0 atom stereocenters. The number of rotatable bonds is 4. The molecule has 1 rings (SSSR count). The van der Waals surface area contributed by atoms with Crippen molar-refractivity contribution in [2.75, 3.05) is 6.61 Å². The zero-order valence-electron chi connectivity index (χ0n) is 15.0. The third-order valence-corrected chi connectivity index (χ3v) is 3.45. The molecular weight excluding hydrogens is 276 g/mol. The summed E-state index contributed by atoms with van der Waals surface area (Å²) in [5.41, 5.74) is 2.70. The molecule has 0 saturated heterocycles. The summed E-state index contributed by atoms with van der Waals surface area (Å²) in [6.07, 6.45) is 0.997. The summed E-state index contributed by atoms with van der Waals surface area (Å²) in [7, 11) is 0. The van der Waals surface area contributed by atoms with Crippen LogP contribution in [0, 0.1) is 12.3 Å². The summed E-state index contributed by atoms with van der Waals surface area (Å²) in [4.78, 5) is 11.8. The molecule has 0 saturated carbocycles. The highest BCUT2D eigenvalue weighted by atomic mass is 16.5. The average molecular weight is 306 g/mol. The van der Waals surface area contributed by atoms with Crippen molar-refractivity contribution in [1.82, 2.24) is 0 Å². The van der Waals surface area contributed by atoms with Crippen LogP contribution in [0.25, 0.3) is 0 Å². The van der Waals surface area contributed by atoms with Crippen LogP contribution in [0.1, 0.15) is 64.7 Å². The summed E-state index contributed by atoms with van der Waals surface area (Å²) in [5.74, 6) is 0.185. The van der Waals surface area contributed by atoms with Crippen LogP contribution in [0.3, 0.4) is 0 Å². The molecule has 1 aromatic rings. The largest absolute Gasteiger partial charge is 0.507 e. The zero-order valence-corrected chi connectivity index (χ0v) is 15.0. The second-order valence-electron chi connectivity index (χ2n) is 8.28. The van der Waals surface area contributed by atoms with Crippen LogP contribution >= 0.6 is 0 Å². The Morgan fingerprint density at radius 2 is 1.73 bits per heavy atom. The number of carbonyl (C=O) groups excluding carboxylic acids is 1. The summed E-state index contributed by atoms with van der Waals surface area (Å²) in [6, 6.07) is 3.95. The summed E-state index contributed by atoms with van der Waals surface area (Å²) >= 11 is 0. The Labute approximate surface area is 134 Å². The van der Waals surface area contributed by atoms with Crippen LogP contribution in [0.5, 0.6) is 5.75 Å². The molecule has 22 heavy (non-hydrogen) atoms. The predicted molar refractivity (Wildman–Crippen MR) is 90.3 cm³/mol. The Hall–Kier alpha value is -1.51. The maximum Gasteiger partial charge on any atom is 0.306 e. The van der Waals surface area contributed by atoms with Gasteiger partial charge in [0.1, 0.15) is 5.75 Å². The highest BCUT2D eigenvalue weighted by Crippen LogP contribution is 2.34. The fraction of sp³-hybridized carbons (Fsp3) is 0.632. The van der Waals surface area contributed by atoms with E-state index in [9.17, 15) is 9.90 Å². The van der Waals surface area contributed by atoms with E-state index in [0.29, 0.717) is 25.2 Å². The molecule has 0 bridgehead atoms. The Bertz CT molecular complexity index is 531. The van der Waals surface area contributed by atoms with E-state index in [2.05, 4.69) is 20.8 Å². The minimum Gasteiger partial charge on any atom is -0.507 e. The van der Waals surface area contributed by atoms with Gasteiger partial charge in [-0.1, -0.05) is 53.7 Å². The molecule has 0 aliphatic heterocycles. The van der Waals surface area contributed by atoms with Gasteiger partial charge in [-0.25, -0.2) is 0 Å². The van der Waals surface area contributed by atoms with Crippen LogP contribution < -0.4 is 0 Å². The van der Waals surface area contributed by atoms with E-state index in [1.165, 1.54) is 0 Å². The van der Waals surface area contributed by atoms with Gasteiger partial charge in [0.15, 0.2) is 0 Å². The van der Waals surface area contributed by atoms with Crippen molar-refractivity contribution in [3.8, 4) is 5.75 Å². The predicted octanol–water partition coefficient (Wildman–Crippen LogP) is 4.52. The Balaban J connectivity index is 2.75. The Morgan fingerprint density at radius 3 is 2.23 bits per heavy atom. The number of aromatic hydroxyl groups is 1. The monoisotopic (exact) mass is 306 g/mol. The van der Waals surface area contributed by atoms with Crippen molar-refractivity contribution in [1.29, 1.82) is 0 Å². The highest BCUT2D eigenvalue weighted by molar-refractivity contribution is 5.69. The number of phenols is 1. The molecule has 0 unspecified atom stereocenters. The van der Waals surface area contributed by atoms with Gasteiger partial charge >= 0.3 is 5.97 Å². The molecule has 0 spiro atoms. The third-order valence-electron chi connectivity index (χ3n) is 3.45. The number of aryl methyl sites for hydroxylation is 2. The molecular formula is C19H30O3. The first kappa shape index (κ1) is 18.5. The van der Waals surface area contributed by atoms with Crippen molar-refractivity contribution in [3.63, 3.8) is 0 Å². The average Bonchev–Trinajstić information content (AvgIpc) is 2.35. The van der Waals surface area contributed by atoms with Crippen molar-refractivity contribution in [2.24, 2.45) is 5.41 Å². The lowest BCUT2D eigenvalue weighted by Gasteiger charge is -2.22. The van der Waals surface area contributed by atoms with Crippen LogP contribution in [0.15, 0.2) is 12.1 Å². The number of ether oxygens (including phenoxy) is 1. The molecule has 0 aliphatic rings. The number of benzene rings is 1. The minimum absolute atomic E-state index is 0.00973. The number of hydrogen-bond acceptors (Lipinski definition) is 3. The van der Waals surface area contributed by atoms with Gasteiger partial charge in [0.05, 0.1) is 6.61 Å². The molecule has 0 amide bonds. The molecule has 0 fully saturated rings. The van der Waals surface area contributed by atoms with Gasteiger partial charge in [-0.3, -0.25) is 4.79 Å². The van der Waals surface area contributed by atoms with E-state index >= 15 is 0 Å². The molecule has 1 aromatic carbocycles. The van der Waals surface area contributed by atoms with E-state index in [-0.39, 0.29) is 16.8 Å². The van der Waals surface area contributed by atoms with Gasteiger partial charge in [0.25, 0.3) is 0 Å². The lowest BCUT2D eigenvalue weighted by atomic mass is 9.83. The molecule has 1 N–H and O–H groups in total. The Morgan fingerprint density at radius 1 is 1.14 bits per heavy atom. The second-order valence-corrected chi connectivity index (χ2v) is 8.28. The maximum atomic E-state index is 11.8. The van der Waals surface area contributed by atoms with Crippen molar-refractivity contribution in [3.05, 3.63) is 28.8 Å². The molecule has 0 aromatic heterocycles. The fourth-order valence-electron chi connectivity index (χ4n) is 2.19. The smallest absolute Gasteiger partial charge is 0.306 e. The minimum atomic E-state index is -0.169.